The number of furan rings is 1. The molecule has 526 valence electrons. The summed E-state index contributed by atoms with van der Waals surface area (Å²) >= 11 is 1.84. The minimum absolute atomic E-state index is 0.116. The Labute approximate surface area is 582 Å². The van der Waals surface area contributed by atoms with Gasteiger partial charge in [0.2, 0.25) is 0 Å². The van der Waals surface area contributed by atoms with Gasteiger partial charge in [-0.05, 0) is 284 Å². The number of hydrogen-bond donors (Lipinski definition) is 1. The molecule has 95 heavy (non-hydrogen) atoms. The number of benzene rings is 3. The van der Waals surface area contributed by atoms with Crippen LogP contribution in [-0.4, -0.2) is 120 Å². The summed E-state index contributed by atoms with van der Waals surface area (Å²) in [6, 6.07) is 37.2. The number of aryl methyl sites for hydroxylation is 16. The van der Waals surface area contributed by atoms with E-state index in [0.29, 0.717) is 11.1 Å². The second-order valence-corrected chi connectivity index (χ2v) is 28.6. The van der Waals surface area contributed by atoms with E-state index in [1.54, 1.807) is 31.6 Å². The molecule has 8 aromatic rings. The van der Waals surface area contributed by atoms with E-state index in [1.165, 1.54) is 135 Å². The van der Waals surface area contributed by atoms with Crippen LogP contribution >= 0.6 is 11.3 Å². The molecule has 2 saturated heterocycles. The van der Waals surface area contributed by atoms with Crippen molar-refractivity contribution >= 4 is 11.3 Å². The highest BCUT2D eigenvalue weighted by Gasteiger charge is 2.13. The van der Waals surface area contributed by atoms with E-state index in [4.69, 9.17) is 4.42 Å². The molecular weight excluding hydrogens is 1200 g/mol. The molecule has 0 amide bonds. The number of thiophene rings is 1. The van der Waals surface area contributed by atoms with Crippen LogP contribution in [0.1, 0.15) is 161 Å². The zero-order valence-electron chi connectivity index (χ0n) is 63.7. The fraction of sp³-hybridized carbons (Fsp3) is 0.506. The van der Waals surface area contributed by atoms with Crippen molar-refractivity contribution < 1.29 is 13.2 Å². The molecule has 1 aliphatic carbocycles. The maximum Gasteiger partial charge on any atom is 0.126 e. The third-order valence-corrected chi connectivity index (χ3v) is 17.2. The largest absolute Gasteiger partial charge is 0.467 e. The molecule has 0 unspecified atom stereocenters. The number of hydrogen-bond acceptors (Lipinski definition) is 9. The molecular formula is C83H128F2N8OS. The zero-order valence-corrected chi connectivity index (χ0v) is 64.6. The van der Waals surface area contributed by atoms with Gasteiger partial charge in [-0.2, -0.15) is 5.10 Å². The number of rotatable bonds is 0. The molecule has 1 N–H and O–H groups in total. The Morgan fingerprint density at radius 2 is 0.768 bits per heavy atom. The molecule has 12 heteroatoms. The maximum atomic E-state index is 12.6. The van der Waals surface area contributed by atoms with E-state index < -0.39 is 0 Å². The third-order valence-electron chi connectivity index (χ3n) is 16.3. The first-order valence-corrected chi connectivity index (χ1v) is 35.3. The van der Waals surface area contributed by atoms with Gasteiger partial charge in [-0.1, -0.05) is 130 Å². The smallest absolute Gasteiger partial charge is 0.126 e. The van der Waals surface area contributed by atoms with Crippen molar-refractivity contribution in [2.45, 2.75) is 183 Å². The Morgan fingerprint density at radius 1 is 0.400 bits per heavy atom. The topological polar surface area (TPSA) is 80.6 Å². The lowest BCUT2D eigenvalue weighted by Gasteiger charge is -2.28. The van der Waals surface area contributed by atoms with Gasteiger partial charge in [-0.3, -0.25) is 15.1 Å². The Bertz CT molecular complexity index is 2780. The first-order valence-electron chi connectivity index (χ1n) is 34.5. The van der Waals surface area contributed by atoms with Crippen LogP contribution in [0, 0.1) is 140 Å². The number of aromatic amines is 1. The lowest BCUT2D eigenvalue weighted by Crippen LogP contribution is -2.42. The van der Waals surface area contributed by atoms with Crippen LogP contribution in [-0.2, 0) is 0 Å². The number of nitrogens with zero attached hydrogens (tertiary/aromatic N) is 7. The van der Waals surface area contributed by atoms with E-state index in [0.717, 1.165) is 69.7 Å². The van der Waals surface area contributed by atoms with Crippen molar-refractivity contribution in [2.75, 3.05) is 80.5 Å². The van der Waals surface area contributed by atoms with Crippen molar-refractivity contribution in [1.29, 1.82) is 0 Å². The molecule has 4 aliphatic rings. The number of piperidine rings is 1. The molecule has 3 fully saturated rings. The van der Waals surface area contributed by atoms with E-state index in [2.05, 4.69) is 178 Å². The summed E-state index contributed by atoms with van der Waals surface area (Å²) in [5.41, 5.74) is 14.3. The van der Waals surface area contributed by atoms with Gasteiger partial charge in [0.25, 0.3) is 0 Å². The van der Waals surface area contributed by atoms with Gasteiger partial charge in [0.15, 0.2) is 0 Å². The molecule has 3 aromatic carbocycles. The molecule has 1 saturated carbocycles. The van der Waals surface area contributed by atoms with Crippen LogP contribution in [0.5, 0.6) is 0 Å². The number of piperazine rings is 1. The number of halogens is 2. The number of H-pyrrole nitrogens is 1. The number of likely N-dealkylation sites (N-methyl/N-ethyl adjacent to an activating group) is 3. The van der Waals surface area contributed by atoms with Crippen LogP contribution in [0.3, 0.4) is 0 Å². The van der Waals surface area contributed by atoms with Crippen molar-refractivity contribution in [3.63, 3.8) is 0 Å². The van der Waals surface area contributed by atoms with Gasteiger partial charge in [0, 0.05) is 78.5 Å². The van der Waals surface area contributed by atoms with Crippen LogP contribution < -0.4 is 0 Å². The molecule has 0 atom stereocenters. The summed E-state index contributed by atoms with van der Waals surface area (Å²) in [5, 5.41) is 6.71. The molecule has 0 radical (unpaired) electrons. The lowest BCUT2D eigenvalue weighted by atomic mass is 9.84. The summed E-state index contributed by atoms with van der Waals surface area (Å²) in [6.07, 6.45) is 16.0. The van der Waals surface area contributed by atoms with E-state index in [9.17, 15) is 8.78 Å². The monoisotopic (exact) mass is 1320 g/mol. The SMILES string of the molecule is CC1=CCN(C)CC1.CC1CCC(C)CC1.CC1CCN(C)CC1.CN1CCN(C)CC1.Cc1cc(C)[nH]n1.Cc1ccc(C)c(F)c1.Cc1ccc(C)c(F)c1.Cc1ccc(C)cc1.Cc1ccc(C)nc1.Cc1ccc(C)nc1.Cc1ccc(C)o1.Cc1ccc(C)s1. The fourth-order valence-electron chi connectivity index (χ4n) is 9.13. The standard InChI is InChI=1S/2C8H9F.C8H16.C8H10.C7H15N.C7H13N.2C7H9N.C6H14N2.C6H8O.C6H8S.C5H8N2/c2*1-6-3-4-7(2)8(9)5-6;4*1-7-3-5-8(2)6-4-7;2*1-6-3-4-7(2)8-5-6;1-7-3-5-8(2)6-4-7;2*1-5-3-4-6(2)7-5;1-4-3-5(2)7-6-4/h2*3-5H,1-2H3;7-8H,3-6H2,1-2H3;3-6H,1-2H3;7H,3-6H2,1-2H3;3H,4-6H2,1-2H3;2*3-5H,1-2H3;3-6H2,1-2H3;2*3-4H,1-2H3;3H,1-2H3,(H,6,7). The van der Waals surface area contributed by atoms with E-state index in [-0.39, 0.29) is 11.6 Å². The Balaban J connectivity index is 0.000000519. The Kier molecular flexibility index (Phi) is 45.6. The number of aromatic nitrogens is 4. The van der Waals surface area contributed by atoms with Gasteiger partial charge in [0.05, 0.1) is 5.69 Å². The van der Waals surface area contributed by atoms with Crippen LogP contribution in [0.2, 0.25) is 0 Å². The summed E-state index contributed by atoms with van der Waals surface area (Å²) in [4.78, 5) is 20.4. The lowest BCUT2D eigenvalue weighted by molar-refractivity contribution is 0.181. The number of likely N-dealkylation sites (tertiary alicyclic amines) is 1. The predicted octanol–water partition coefficient (Wildman–Crippen LogP) is 21.2. The van der Waals surface area contributed by atoms with Crippen LogP contribution in [0.15, 0.2) is 144 Å². The first kappa shape index (κ1) is 86.6. The zero-order chi connectivity index (χ0) is 71.4. The molecule has 5 aromatic heterocycles. The molecule has 8 heterocycles. The average molecular weight is 1320 g/mol. The summed E-state index contributed by atoms with van der Waals surface area (Å²) in [6.45, 7) is 50.8. The Morgan fingerprint density at radius 3 is 1.00 bits per heavy atom. The number of pyridine rings is 2. The molecule has 0 spiro atoms. The Hall–Kier alpha value is -6.41. The highest BCUT2D eigenvalue weighted by atomic mass is 32.1. The van der Waals surface area contributed by atoms with Crippen molar-refractivity contribution in [2.24, 2.45) is 17.8 Å². The predicted molar refractivity (Wildman–Crippen MR) is 409 cm³/mol. The van der Waals surface area contributed by atoms with Gasteiger partial charge in [-0.15, -0.1) is 11.3 Å². The minimum Gasteiger partial charge on any atom is -0.467 e. The normalized spacial score (nSPS) is 16.0. The summed E-state index contributed by atoms with van der Waals surface area (Å²) in [5.74, 6) is 4.75. The highest BCUT2D eigenvalue weighted by molar-refractivity contribution is 7.11. The van der Waals surface area contributed by atoms with Gasteiger partial charge in [0.1, 0.15) is 23.2 Å². The first-order chi connectivity index (χ1) is 44.8. The van der Waals surface area contributed by atoms with Gasteiger partial charge < -0.3 is 24.0 Å². The summed E-state index contributed by atoms with van der Waals surface area (Å²) < 4.78 is 30.2. The fourth-order valence-corrected chi connectivity index (χ4v) is 9.91. The van der Waals surface area contributed by atoms with Gasteiger partial charge in [-0.25, -0.2) is 8.78 Å². The highest BCUT2D eigenvalue weighted by Crippen LogP contribution is 2.27. The third kappa shape index (κ3) is 47.2. The van der Waals surface area contributed by atoms with E-state index >= 15 is 0 Å². The maximum absolute atomic E-state index is 12.6. The second-order valence-electron chi connectivity index (χ2n) is 27.1. The minimum atomic E-state index is -0.116. The average Bonchev–Trinajstić information content (AvgIpc) is 4.04. The quantitative estimate of drug-likeness (QED) is 0.150. The molecule has 3 aliphatic heterocycles. The van der Waals surface area contributed by atoms with Crippen molar-refractivity contribution in [3.8, 4) is 0 Å². The summed E-state index contributed by atoms with van der Waals surface area (Å²) in [7, 11) is 8.70. The number of nitrogens with one attached hydrogen (secondary N) is 1. The van der Waals surface area contributed by atoms with Gasteiger partial charge >= 0.3 is 0 Å². The van der Waals surface area contributed by atoms with Crippen molar-refractivity contribution in [3.05, 3.63) is 239 Å². The molecule has 12 rings (SSSR count). The molecule has 9 nitrogen and oxygen atoms in total. The van der Waals surface area contributed by atoms with Crippen molar-refractivity contribution in [1.82, 2.24) is 39.8 Å². The van der Waals surface area contributed by atoms with Crippen LogP contribution in [0.25, 0.3) is 0 Å². The second kappa shape index (κ2) is 50.0. The van der Waals surface area contributed by atoms with E-state index in [1.807, 2.05) is 135 Å². The van der Waals surface area contributed by atoms with Crippen LogP contribution in [0.4, 0.5) is 8.78 Å². The molecule has 0 bridgehead atoms.